The van der Waals surface area contributed by atoms with Crippen LogP contribution < -0.4 is 10.1 Å². The highest BCUT2D eigenvalue weighted by Crippen LogP contribution is 2.40. The number of amides is 1. The first-order valence-electron chi connectivity index (χ1n) is 9.98. The predicted molar refractivity (Wildman–Crippen MR) is 109 cm³/mol. The lowest BCUT2D eigenvalue weighted by atomic mass is 9.93. The zero-order chi connectivity index (χ0) is 19.7. The van der Waals surface area contributed by atoms with Gasteiger partial charge in [0.05, 0.1) is 5.69 Å². The summed E-state index contributed by atoms with van der Waals surface area (Å²) in [4.78, 5) is 18.2. The summed E-state index contributed by atoms with van der Waals surface area (Å²) in [5.74, 6) is 0.605. The van der Waals surface area contributed by atoms with E-state index < -0.39 is 6.09 Å². The minimum Gasteiger partial charge on any atom is -0.474 e. The van der Waals surface area contributed by atoms with Crippen LogP contribution in [-0.4, -0.2) is 47.3 Å². The number of fused-ring (bicyclic) bond motifs is 1. The Balaban J connectivity index is 1.68. The van der Waals surface area contributed by atoms with Gasteiger partial charge in [-0.15, -0.1) is 0 Å². The predicted octanol–water partition coefficient (Wildman–Crippen LogP) is 4.11. The van der Waals surface area contributed by atoms with Gasteiger partial charge in [-0.25, -0.2) is 9.78 Å². The Hall–Kier alpha value is -2.60. The Morgan fingerprint density at radius 1 is 1.29 bits per heavy atom. The Kier molecular flexibility index (Phi) is 5.22. The molecule has 1 fully saturated rings. The smallest absolute Gasteiger partial charge is 0.409 e. The summed E-state index contributed by atoms with van der Waals surface area (Å²) in [5, 5.41) is 12.1. The van der Waals surface area contributed by atoms with Gasteiger partial charge in [0.25, 0.3) is 0 Å². The molecule has 1 saturated heterocycles. The Morgan fingerprint density at radius 3 is 2.82 bits per heavy atom. The number of hydrogen-bond donors (Lipinski definition) is 2. The van der Waals surface area contributed by atoms with E-state index in [9.17, 15) is 9.90 Å². The number of piperidine rings is 1. The van der Waals surface area contributed by atoms with Gasteiger partial charge in [0.15, 0.2) is 0 Å². The van der Waals surface area contributed by atoms with Crippen LogP contribution in [0, 0.1) is 6.92 Å². The van der Waals surface area contributed by atoms with Crippen molar-refractivity contribution in [3.05, 3.63) is 41.1 Å². The van der Waals surface area contributed by atoms with E-state index in [1.807, 2.05) is 19.1 Å². The van der Waals surface area contributed by atoms with Gasteiger partial charge >= 0.3 is 6.09 Å². The van der Waals surface area contributed by atoms with Crippen molar-refractivity contribution in [2.75, 3.05) is 25.5 Å². The second-order valence-electron chi connectivity index (χ2n) is 7.87. The molecule has 28 heavy (non-hydrogen) atoms. The number of benzene rings is 1. The van der Waals surface area contributed by atoms with E-state index in [4.69, 9.17) is 4.74 Å². The lowest BCUT2D eigenvalue weighted by Crippen LogP contribution is -2.35. The van der Waals surface area contributed by atoms with Gasteiger partial charge in [-0.05, 0) is 74.4 Å². The number of pyridine rings is 1. The van der Waals surface area contributed by atoms with Gasteiger partial charge in [0.1, 0.15) is 6.10 Å². The SMILES string of the molecule is Cc1cc2c(c(NC(=O)O)c1-c1ccnc(OC3CCN(C)CC3)c1)CCC2. The number of anilines is 1. The fraction of sp³-hybridized carbons (Fsp3) is 0.455. The third-order valence-electron chi connectivity index (χ3n) is 5.81. The van der Waals surface area contributed by atoms with Crippen molar-refractivity contribution in [1.29, 1.82) is 0 Å². The van der Waals surface area contributed by atoms with Crippen molar-refractivity contribution >= 4 is 11.8 Å². The molecule has 148 valence electrons. The van der Waals surface area contributed by atoms with Crippen molar-refractivity contribution in [2.24, 2.45) is 0 Å². The number of carboxylic acid groups (broad SMARTS) is 1. The number of hydrogen-bond acceptors (Lipinski definition) is 4. The molecule has 0 bridgehead atoms. The lowest BCUT2D eigenvalue weighted by molar-refractivity contribution is 0.110. The Morgan fingerprint density at radius 2 is 2.07 bits per heavy atom. The fourth-order valence-electron chi connectivity index (χ4n) is 4.41. The van der Waals surface area contributed by atoms with Gasteiger partial charge < -0.3 is 14.7 Å². The molecule has 2 N–H and O–H groups in total. The summed E-state index contributed by atoms with van der Waals surface area (Å²) in [6, 6.07) is 6.07. The number of aromatic nitrogens is 1. The van der Waals surface area contributed by atoms with E-state index in [1.54, 1.807) is 6.20 Å². The molecular weight excluding hydrogens is 354 g/mol. The summed E-state index contributed by atoms with van der Waals surface area (Å²) >= 11 is 0. The maximum Gasteiger partial charge on any atom is 0.409 e. The molecule has 0 unspecified atom stereocenters. The van der Waals surface area contributed by atoms with Crippen LogP contribution >= 0.6 is 0 Å². The second kappa shape index (κ2) is 7.80. The molecule has 0 atom stereocenters. The van der Waals surface area contributed by atoms with E-state index in [2.05, 4.69) is 28.3 Å². The number of nitrogens with zero attached hydrogens (tertiary/aromatic N) is 2. The molecule has 6 heteroatoms. The number of likely N-dealkylation sites (tertiary alicyclic amines) is 1. The van der Waals surface area contributed by atoms with Gasteiger partial charge in [0, 0.05) is 30.9 Å². The molecule has 0 radical (unpaired) electrons. The number of carbonyl (C=O) groups is 1. The summed E-state index contributed by atoms with van der Waals surface area (Å²) < 4.78 is 6.14. The summed E-state index contributed by atoms with van der Waals surface area (Å²) in [7, 11) is 2.13. The number of ether oxygens (including phenoxy) is 1. The lowest BCUT2D eigenvalue weighted by Gasteiger charge is -2.29. The van der Waals surface area contributed by atoms with Crippen LogP contribution in [0.3, 0.4) is 0 Å². The van der Waals surface area contributed by atoms with Crippen molar-refractivity contribution in [3.8, 4) is 17.0 Å². The van der Waals surface area contributed by atoms with E-state index >= 15 is 0 Å². The number of nitrogens with one attached hydrogen (secondary N) is 1. The van der Waals surface area contributed by atoms with Crippen LogP contribution in [0.5, 0.6) is 5.88 Å². The zero-order valence-corrected chi connectivity index (χ0v) is 16.5. The largest absolute Gasteiger partial charge is 0.474 e. The Bertz CT molecular complexity index is 889. The van der Waals surface area contributed by atoms with Gasteiger partial charge in [0.2, 0.25) is 5.88 Å². The fourth-order valence-corrected chi connectivity index (χ4v) is 4.41. The highest BCUT2D eigenvalue weighted by molar-refractivity contribution is 5.94. The molecule has 2 heterocycles. The minimum absolute atomic E-state index is 0.177. The molecule has 1 aliphatic heterocycles. The van der Waals surface area contributed by atoms with Crippen LogP contribution in [0.1, 0.15) is 36.0 Å². The monoisotopic (exact) mass is 381 g/mol. The van der Waals surface area contributed by atoms with Crippen LogP contribution in [0.4, 0.5) is 10.5 Å². The Labute approximate surface area is 165 Å². The summed E-state index contributed by atoms with van der Waals surface area (Å²) in [5.41, 5.74) is 6.03. The molecule has 1 amide bonds. The normalized spacial score (nSPS) is 17.4. The standard InChI is InChI=1S/C22H27N3O3/c1-14-12-15-4-3-5-18(15)21(24-22(26)27)20(14)16-6-9-23-19(13-16)28-17-7-10-25(2)11-8-17/h6,9,12-13,17,24H,3-5,7-8,10-11H2,1-2H3,(H,26,27). The number of aryl methyl sites for hydroxylation is 2. The van der Waals surface area contributed by atoms with Crippen molar-refractivity contribution in [2.45, 2.75) is 45.1 Å². The first-order chi connectivity index (χ1) is 13.5. The van der Waals surface area contributed by atoms with Gasteiger partial charge in [-0.3, -0.25) is 5.32 Å². The third-order valence-corrected chi connectivity index (χ3v) is 5.81. The third kappa shape index (κ3) is 3.83. The van der Waals surface area contributed by atoms with Crippen molar-refractivity contribution in [3.63, 3.8) is 0 Å². The zero-order valence-electron chi connectivity index (χ0n) is 16.5. The first kappa shape index (κ1) is 18.7. The maximum atomic E-state index is 11.5. The molecule has 4 rings (SSSR count). The molecular formula is C22H27N3O3. The minimum atomic E-state index is -1.03. The van der Waals surface area contributed by atoms with Crippen LogP contribution in [0.2, 0.25) is 0 Å². The van der Waals surface area contributed by atoms with E-state index in [0.29, 0.717) is 5.88 Å². The quantitative estimate of drug-likeness (QED) is 0.834. The molecule has 0 spiro atoms. The van der Waals surface area contributed by atoms with E-state index in [1.165, 1.54) is 5.56 Å². The van der Waals surface area contributed by atoms with Crippen LogP contribution in [0.25, 0.3) is 11.1 Å². The molecule has 1 aliphatic carbocycles. The summed E-state index contributed by atoms with van der Waals surface area (Å²) in [6.45, 7) is 4.10. The second-order valence-corrected chi connectivity index (χ2v) is 7.87. The molecule has 6 nitrogen and oxygen atoms in total. The van der Waals surface area contributed by atoms with Crippen LogP contribution in [0.15, 0.2) is 24.4 Å². The first-order valence-corrected chi connectivity index (χ1v) is 9.98. The molecule has 0 saturated carbocycles. The average molecular weight is 381 g/mol. The van der Waals surface area contributed by atoms with E-state index in [-0.39, 0.29) is 6.10 Å². The van der Waals surface area contributed by atoms with Crippen LogP contribution in [-0.2, 0) is 12.8 Å². The molecule has 1 aromatic carbocycles. The van der Waals surface area contributed by atoms with Crippen molar-refractivity contribution < 1.29 is 14.6 Å². The number of rotatable bonds is 4. The van der Waals surface area contributed by atoms with Gasteiger partial charge in [-0.2, -0.15) is 0 Å². The maximum absolute atomic E-state index is 11.5. The topological polar surface area (TPSA) is 74.7 Å². The average Bonchev–Trinajstić information content (AvgIpc) is 3.12. The molecule has 1 aromatic heterocycles. The molecule has 2 aromatic rings. The van der Waals surface area contributed by atoms with Crippen molar-refractivity contribution in [1.82, 2.24) is 9.88 Å². The highest BCUT2D eigenvalue weighted by Gasteiger charge is 2.23. The molecule has 2 aliphatic rings. The van der Waals surface area contributed by atoms with E-state index in [0.717, 1.165) is 73.1 Å². The van der Waals surface area contributed by atoms with Gasteiger partial charge in [-0.1, -0.05) is 6.07 Å². The summed E-state index contributed by atoms with van der Waals surface area (Å²) in [6.07, 6.45) is 5.85. The highest BCUT2D eigenvalue weighted by atomic mass is 16.5.